The molecule has 102 valence electrons. The van der Waals surface area contributed by atoms with Crippen LogP contribution in [-0.2, 0) is 6.54 Å². The van der Waals surface area contributed by atoms with Crippen molar-refractivity contribution in [2.75, 3.05) is 12.3 Å². The molecule has 3 N–H and O–H groups in total. The van der Waals surface area contributed by atoms with Crippen LogP contribution in [0.15, 0.2) is 42.5 Å². The van der Waals surface area contributed by atoms with Gasteiger partial charge in [-0.05, 0) is 36.4 Å². The van der Waals surface area contributed by atoms with Gasteiger partial charge in [0, 0.05) is 12.1 Å². The van der Waals surface area contributed by atoms with Crippen LogP contribution in [0.3, 0.4) is 0 Å². The molecule has 20 heavy (non-hydrogen) atoms. The standard InChI is InChI=1S/C15H14FN3O/c16-11-6-4-10(5-7-11)15-18-14-12(17)2-1-3-13(14)19(15)8-9-20/h1-7,20H,8-9,17H2. The summed E-state index contributed by atoms with van der Waals surface area (Å²) in [5.41, 5.74) is 8.87. The normalized spacial score (nSPS) is 11.1. The van der Waals surface area contributed by atoms with E-state index >= 15 is 0 Å². The van der Waals surface area contributed by atoms with Gasteiger partial charge in [-0.1, -0.05) is 6.07 Å². The van der Waals surface area contributed by atoms with Gasteiger partial charge in [0.05, 0.1) is 17.8 Å². The van der Waals surface area contributed by atoms with Gasteiger partial charge in [0.1, 0.15) is 17.2 Å². The summed E-state index contributed by atoms with van der Waals surface area (Å²) in [5.74, 6) is 0.380. The first-order chi connectivity index (χ1) is 9.70. The molecule has 2 aromatic carbocycles. The molecule has 0 fully saturated rings. The van der Waals surface area contributed by atoms with Crippen LogP contribution >= 0.6 is 0 Å². The number of rotatable bonds is 3. The van der Waals surface area contributed by atoms with Crippen molar-refractivity contribution in [1.29, 1.82) is 0 Å². The second-order valence-electron chi connectivity index (χ2n) is 4.53. The Morgan fingerprint density at radius 2 is 1.90 bits per heavy atom. The Hall–Kier alpha value is -2.40. The third-order valence-electron chi connectivity index (χ3n) is 3.24. The van der Waals surface area contributed by atoms with Crippen LogP contribution in [0.25, 0.3) is 22.4 Å². The molecule has 0 unspecified atom stereocenters. The zero-order valence-electron chi connectivity index (χ0n) is 10.8. The zero-order valence-corrected chi connectivity index (χ0v) is 10.8. The number of nitrogens with two attached hydrogens (primary N) is 1. The van der Waals surface area contributed by atoms with E-state index in [-0.39, 0.29) is 12.4 Å². The van der Waals surface area contributed by atoms with E-state index < -0.39 is 0 Å². The van der Waals surface area contributed by atoms with E-state index in [2.05, 4.69) is 4.98 Å². The smallest absolute Gasteiger partial charge is 0.141 e. The van der Waals surface area contributed by atoms with E-state index in [0.717, 1.165) is 11.1 Å². The Kier molecular flexibility index (Phi) is 3.12. The number of aromatic nitrogens is 2. The van der Waals surface area contributed by atoms with Gasteiger partial charge in [0.15, 0.2) is 0 Å². The van der Waals surface area contributed by atoms with Crippen molar-refractivity contribution in [1.82, 2.24) is 9.55 Å². The van der Waals surface area contributed by atoms with Crippen LogP contribution in [0, 0.1) is 5.82 Å². The van der Waals surface area contributed by atoms with Gasteiger partial charge >= 0.3 is 0 Å². The van der Waals surface area contributed by atoms with Crippen LogP contribution in [0.4, 0.5) is 10.1 Å². The quantitative estimate of drug-likeness (QED) is 0.719. The first-order valence-electron chi connectivity index (χ1n) is 6.32. The number of anilines is 1. The van der Waals surface area contributed by atoms with Crippen LogP contribution in [-0.4, -0.2) is 21.3 Å². The Balaban J connectivity index is 2.26. The summed E-state index contributed by atoms with van der Waals surface area (Å²) in [6, 6.07) is 11.7. The van der Waals surface area contributed by atoms with Gasteiger partial charge in [-0.2, -0.15) is 0 Å². The molecule has 0 saturated carbocycles. The molecule has 0 aliphatic heterocycles. The van der Waals surface area contributed by atoms with Crippen LogP contribution in [0.2, 0.25) is 0 Å². The molecular formula is C15H14FN3O. The van der Waals surface area contributed by atoms with E-state index in [1.807, 2.05) is 16.7 Å². The number of benzene rings is 2. The molecule has 0 spiro atoms. The van der Waals surface area contributed by atoms with Crippen molar-refractivity contribution in [3.05, 3.63) is 48.3 Å². The molecule has 1 heterocycles. The Morgan fingerprint density at radius 3 is 2.60 bits per heavy atom. The Bertz CT molecular complexity index is 750. The molecule has 0 saturated heterocycles. The van der Waals surface area contributed by atoms with Crippen molar-refractivity contribution >= 4 is 16.7 Å². The third kappa shape index (κ3) is 2.02. The molecule has 5 heteroatoms. The van der Waals surface area contributed by atoms with Gasteiger partial charge < -0.3 is 15.4 Å². The number of aliphatic hydroxyl groups is 1. The largest absolute Gasteiger partial charge is 0.397 e. The van der Waals surface area contributed by atoms with E-state index in [0.29, 0.717) is 23.6 Å². The van der Waals surface area contributed by atoms with Gasteiger partial charge in [0.2, 0.25) is 0 Å². The summed E-state index contributed by atoms with van der Waals surface area (Å²) >= 11 is 0. The van der Waals surface area contributed by atoms with Crippen molar-refractivity contribution in [2.24, 2.45) is 0 Å². The maximum atomic E-state index is 13.0. The minimum absolute atomic E-state index is 0.00550. The number of aliphatic hydroxyl groups excluding tert-OH is 1. The van der Waals surface area contributed by atoms with Crippen molar-refractivity contribution in [3.8, 4) is 11.4 Å². The van der Waals surface area contributed by atoms with Crippen molar-refractivity contribution < 1.29 is 9.50 Å². The lowest BCUT2D eigenvalue weighted by atomic mass is 10.2. The summed E-state index contributed by atoms with van der Waals surface area (Å²) in [4.78, 5) is 4.54. The molecule has 3 rings (SSSR count). The average molecular weight is 271 g/mol. The fourth-order valence-corrected chi connectivity index (χ4v) is 2.31. The van der Waals surface area contributed by atoms with Crippen LogP contribution < -0.4 is 5.73 Å². The van der Waals surface area contributed by atoms with Gasteiger partial charge in [-0.3, -0.25) is 0 Å². The van der Waals surface area contributed by atoms with E-state index in [4.69, 9.17) is 5.73 Å². The van der Waals surface area contributed by atoms with Crippen molar-refractivity contribution in [2.45, 2.75) is 6.54 Å². The van der Waals surface area contributed by atoms with Gasteiger partial charge in [0.25, 0.3) is 0 Å². The van der Waals surface area contributed by atoms with Gasteiger partial charge in [-0.25, -0.2) is 9.37 Å². The number of nitrogen functional groups attached to an aromatic ring is 1. The molecule has 1 aromatic heterocycles. The first kappa shape index (κ1) is 12.6. The van der Waals surface area contributed by atoms with Gasteiger partial charge in [-0.15, -0.1) is 0 Å². The molecule has 0 aliphatic rings. The molecular weight excluding hydrogens is 257 g/mol. The molecule has 0 radical (unpaired) electrons. The number of hydrogen-bond donors (Lipinski definition) is 2. The lowest BCUT2D eigenvalue weighted by Gasteiger charge is -2.07. The lowest BCUT2D eigenvalue weighted by Crippen LogP contribution is -2.04. The SMILES string of the molecule is Nc1cccc2c1nc(-c1ccc(F)cc1)n2CCO. The molecule has 4 nitrogen and oxygen atoms in total. The van der Waals surface area contributed by atoms with Crippen LogP contribution in [0.5, 0.6) is 0 Å². The third-order valence-corrected chi connectivity index (χ3v) is 3.24. The summed E-state index contributed by atoms with van der Waals surface area (Å²) in [5, 5.41) is 9.24. The highest BCUT2D eigenvalue weighted by atomic mass is 19.1. The van der Waals surface area contributed by atoms with E-state index in [1.54, 1.807) is 18.2 Å². The number of para-hydroxylation sites is 1. The summed E-state index contributed by atoms with van der Waals surface area (Å²) in [7, 11) is 0. The second kappa shape index (κ2) is 4.94. The predicted molar refractivity (Wildman–Crippen MR) is 76.6 cm³/mol. The summed E-state index contributed by atoms with van der Waals surface area (Å²) < 4.78 is 14.9. The highest BCUT2D eigenvalue weighted by Gasteiger charge is 2.13. The average Bonchev–Trinajstić information content (AvgIpc) is 2.81. The fourth-order valence-electron chi connectivity index (χ4n) is 2.31. The Morgan fingerprint density at radius 1 is 1.15 bits per heavy atom. The molecule has 0 bridgehead atoms. The Labute approximate surface area is 115 Å². The number of fused-ring (bicyclic) bond motifs is 1. The highest BCUT2D eigenvalue weighted by Crippen LogP contribution is 2.27. The summed E-state index contributed by atoms with van der Waals surface area (Å²) in [6.45, 7) is 0.404. The number of imidazole rings is 1. The van der Waals surface area contributed by atoms with E-state index in [1.165, 1.54) is 12.1 Å². The van der Waals surface area contributed by atoms with Crippen LogP contribution in [0.1, 0.15) is 0 Å². The molecule has 0 aliphatic carbocycles. The number of halogens is 1. The van der Waals surface area contributed by atoms with E-state index in [9.17, 15) is 9.50 Å². The fraction of sp³-hybridized carbons (Fsp3) is 0.133. The summed E-state index contributed by atoms with van der Waals surface area (Å²) in [6.07, 6.45) is 0. The second-order valence-corrected chi connectivity index (χ2v) is 4.53. The minimum Gasteiger partial charge on any atom is -0.397 e. The molecule has 0 amide bonds. The number of hydrogen-bond acceptors (Lipinski definition) is 3. The van der Waals surface area contributed by atoms with Crippen molar-refractivity contribution in [3.63, 3.8) is 0 Å². The first-order valence-corrected chi connectivity index (χ1v) is 6.32. The maximum Gasteiger partial charge on any atom is 0.141 e. The lowest BCUT2D eigenvalue weighted by molar-refractivity contribution is 0.278. The molecule has 3 aromatic rings. The monoisotopic (exact) mass is 271 g/mol. The maximum absolute atomic E-state index is 13.0. The predicted octanol–water partition coefficient (Wildman–Crippen LogP) is 2.42. The topological polar surface area (TPSA) is 64.1 Å². The zero-order chi connectivity index (χ0) is 14.1. The highest BCUT2D eigenvalue weighted by molar-refractivity contribution is 5.90. The number of nitrogens with zero attached hydrogens (tertiary/aromatic N) is 2. The molecule has 0 atom stereocenters. The minimum atomic E-state index is -0.293.